The molecule has 0 fully saturated rings. The van der Waals surface area contributed by atoms with Crippen molar-refractivity contribution >= 4 is 15.9 Å². The van der Waals surface area contributed by atoms with Crippen molar-refractivity contribution < 1.29 is 13.2 Å². The molecule has 0 bridgehead atoms. The summed E-state index contributed by atoms with van der Waals surface area (Å²) in [7, 11) is -1.94. The molecule has 0 aliphatic heterocycles. The molecule has 0 aromatic heterocycles. The van der Waals surface area contributed by atoms with Gasteiger partial charge in [-0.25, -0.2) is 13.1 Å². The number of hydrogen-bond donors (Lipinski definition) is 3. The van der Waals surface area contributed by atoms with Crippen molar-refractivity contribution in [3.8, 4) is 0 Å². The van der Waals surface area contributed by atoms with Gasteiger partial charge in [-0.15, -0.1) is 0 Å². The fourth-order valence-electron chi connectivity index (χ4n) is 1.67. The van der Waals surface area contributed by atoms with Crippen molar-refractivity contribution in [2.45, 2.75) is 18.9 Å². The minimum Gasteiger partial charge on any atom is -0.355 e. The first kappa shape index (κ1) is 16.6. The van der Waals surface area contributed by atoms with Gasteiger partial charge in [0.15, 0.2) is 0 Å². The van der Waals surface area contributed by atoms with E-state index < -0.39 is 10.0 Å². The topological polar surface area (TPSA) is 101 Å². The molecule has 1 unspecified atom stereocenters. The standard InChI is InChI=1S/C13H21N3O3S/c1-15-20(18,19)10-9-16-13(17)8-7-12(14)11-5-3-2-4-6-11/h2-6,12,15H,7-10,14H2,1H3,(H,16,17). The van der Waals surface area contributed by atoms with Crippen molar-refractivity contribution in [2.75, 3.05) is 19.3 Å². The van der Waals surface area contributed by atoms with E-state index in [-0.39, 0.29) is 30.7 Å². The van der Waals surface area contributed by atoms with Crippen LogP contribution in [-0.4, -0.2) is 33.7 Å². The zero-order chi connectivity index (χ0) is 15.0. The molecule has 0 saturated carbocycles. The lowest BCUT2D eigenvalue weighted by molar-refractivity contribution is -0.121. The van der Waals surface area contributed by atoms with Crippen LogP contribution in [-0.2, 0) is 14.8 Å². The SMILES string of the molecule is CNS(=O)(=O)CCNC(=O)CCC(N)c1ccccc1. The van der Waals surface area contributed by atoms with Crippen LogP contribution in [0, 0.1) is 0 Å². The summed E-state index contributed by atoms with van der Waals surface area (Å²) in [6.45, 7) is 0.0998. The molecule has 1 rings (SSSR count). The Morgan fingerprint density at radius 1 is 1.30 bits per heavy atom. The van der Waals surface area contributed by atoms with Gasteiger partial charge >= 0.3 is 0 Å². The molecular formula is C13H21N3O3S. The molecule has 1 atom stereocenters. The lowest BCUT2D eigenvalue weighted by Gasteiger charge is -2.11. The third-order valence-corrected chi connectivity index (χ3v) is 4.28. The maximum Gasteiger partial charge on any atom is 0.220 e. The Kier molecular flexibility index (Phi) is 6.63. The van der Waals surface area contributed by atoms with Crippen LogP contribution in [0.25, 0.3) is 0 Å². The molecule has 0 saturated heterocycles. The summed E-state index contributed by atoms with van der Waals surface area (Å²) in [5.41, 5.74) is 6.96. The van der Waals surface area contributed by atoms with Crippen LogP contribution in [0.5, 0.6) is 0 Å². The van der Waals surface area contributed by atoms with Crippen LogP contribution in [0.3, 0.4) is 0 Å². The van der Waals surface area contributed by atoms with Gasteiger partial charge in [0.05, 0.1) is 5.75 Å². The van der Waals surface area contributed by atoms with Crippen LogP contribution in [0.4, 0.5) is 0 Å². The second-order valence-corrected chi connectivity index (χ2v) is 6.47. The average Bonchev–Trinajstić information content (AvgIpc) is 2.45. The van der Waals surface area contributed by atoms with Gasteiger partial charge < -0.3 is 11.1 Å². The predicted octanol–water partition coefficient (Wildman–Crippen LogP) is 0.132. The number of carbonyl (C=O) groups excluding carboxylic acids is 1. The highest BCUT2D eigenvalue weighted by Crippen LogP contribution is 2.14. The van der Waals surface area contributed by atoms with Gasteiger partial charge in [-0.3, -0.25) is 4.79 Å². The molecule has 1 aromatic carbocycles. The first-order valence-corrected chi connectivity index (χ1v) is 8.08. The normalized spacial score (nSPS) is 12.9. The summed E-state index contributed by atoms with van der Waals surface area (Å²) in [5.74, 6) is -0.317. The molecule has 0 aliphatic rings. The highest BCUT2D eigenvalue weighted by atomic mass is 32.2. The van der Waals surface area contributed by atoms with Crippen LogP contribution >= 0.6 is 0 Å². The van der Waals surface area contributed by atoms with E-state index in [1.54, 1.807) is 0 Å². The molecule has 112 valence electrons. The van der Waals surface area contributed by atoms with Crippen molar-refractivity contribution in [3.05, 3.63) is 35.9 Å². The van der Waals surface area contributed by atoms with Crippen molar-refractivity contribution in [1.82, 2.24) is 10.0 Å². The van der Waals surface area contributed by atoms with E-state index in [2.05, 4.69) is 10.0 Å². The zero-order valence-electron chi connectivity index (χ0n) is 11.5. The number of hydrogen-bond acceptors (Lipinski definition) is 4. The van der Waals surface area contributed by atoms with Gasteiger partial charge in [0.25, 0.3) is 0 Å². The van der Waals surface area contributed by atoms with Gasteiger partial charge in [0, 0.05) is 19.0 Å². The van der Waals surface area contributed by atoms with Crippen molar-refractivity contribution in [2.24, 2.45) is 5.73 Å². The number of rotatable bonds is 8. The Hall–Kier alpha value is -1.44. The quantitative estimate of drug-likeness (QED) is 0.635. The van der Waals surface area contributed by atoms with E-state index in [4.69, 9.17) is 5.73 Å². The average molecular weight is 299 g/mol. The molecule has 0 heterocycles. The highest BCUT2D eigenvalue weighted by molar-refractivity contribution is 7.89. The summed E-state index contributed by atoms with van der Waals surface area (Å²) in [6.07, 6.45) is 0.796. The third-order valence-electron chi connectivity index (χ3n) is 2.91. The van der Waals surface area contributed by atoms with Crippen LogP contribution in [0.1, 0.15) is 24.4 Å². The Labute approximate surface area is 119 Å². The summed E-state index contributed by atoms with van der Waals surface area (Å²) < 4.78 is 24.5. The van der Waals surface area contributed by atoms with Gasteiger partial charge in [-0.1, -0.05) is 30.3 Å². The molecule has 20 heavy (non-hydrogen) atoms. The van der Waals surface area contributed by atoms with E-state index in [9.17, 15) is 13.2 Å². The summed E-state index contributed by atoms with van der Waals surface area (Å²) in [6, 6.07) is 9.35. The Morgan fingerprint density at radius 2 is 1.95 bits per heavy atom. The number of sulfonamides is 1. The van der Waals surface area contributed by atoms with Gasteiger partial charge in [0.2, 0.25) is 15.9 Å². The van der Waals surface area contributed by atoms with Crippen LogP contribution in [0.15, 0.2) is 30.3 Å². The maximum absolute atomic E-state index is 11.6. The minimum absolute atomic E-state index is 0.0998. The van der Waals surface area contributed by atoms with Crippen molar-refractivity contribution in [1.29, 1.82) is 0 Å². The molecule has 0 aliphatic carbocycles. The molecule has 6 nitrogen and oxygen atoms in total. The second kappa shape index (κ2) is 7.98. The zero-order valence-corrected chi connectivity index (χ0v) is 12.3. The first-order chi connectivity index (χ1) is 9.44. The lowest BCUT2D eigenvalue weighted by Crippen LogP contribution is -2.33. The van der Waals surface area contributed by atoms with E-state index in [1.807, 2.05) is 30.3 Å². The molecule has 7 heteroatoms. The predicted molar refractivity (Wildman–Crippen MR) is 78.5 cm³/mol. The number of nitrogens with one attached hydrogen (secondary N) is 2. The lowest BCUT2D eigenvalue weighted by atomic mass is 10.0. The van der Waals surface area contributed by atoms with Gasteiger partial charge in [0.1, 0.15) is 0 Å². The molecular weight excluding hydrogens is 278 g/mol. The molecule has 1 amide bonds. The van der Waals surface area contributed by atoms with E-state index in [1.165, 1.54) is 7.05 Å². The van der Waals surface area contributed by atoms with Crippen LogP contribution in [0.2, 0.25) is 0 Å². The summed E-state index contributed by atoms with van der Waals surface area (Å²) in [5, 5.41) is 2.57. The number of nitrogens with two attached hydrogens (primary N) is 1. The Morgan fingerprint density at radius 3 is 2.55 bits per heavy atom. The fraction of sp³-hybridized carbons (Fsp3) is 0.462. The molecule has 0 spiro atoms. The number of amides is 1. The minimum atomic E-state index is -3.28. The second-order valence-electron chi connectivity index (χ2n) is 4.43. The monoisotopic (exact) mass is 299 g/mol. The van der Waals surface area contributed by atoms with E-state index in [0.29, 0.717) is 6.42 Å². The summed E-state index contributed by atoms with van der Waals surface area (Å²) in [4.78, 5) is 11.6. The van der Waals surface area contributed by atoms with Gasteiger partial charge in [-0.05, 0) is 19.0 Å². The summed E-state index contributed by atoms with van der Waals surface area (Å²) >= 11 is 0. The molecule has 4 N–H and O–H groups in total. The van der Waals surface area contributed by atoms with E-state index >= 15 is 0 Å². The first-order valence-electron chi connectivity index (χ1n) is 6.43. The van der Waals surface area contributed by atoms with Crippen LogP contribution < -0.4 is 15.8 Å². The maximum atomic E-state index is 11.6. The molecule has 1 aromatic rings. The third kappa shape index (κ3) is 6.14. The highest BCUT2D eigenvalue weighted by Gasteiger charge is 2.10. The fourth-order valence-corrected chi connectivity index (χ4v) is 2.24. The van der Waals surface area contributed by atoms with Crippen molar-refractivity contribution in [3.63, 3.8) is 0 Å². The van der Waals surface area contributed by atoms with E-state index in [0.717, 1.165) is 5.56 Å². The Bertz CT molecular complexity index is 517. The number of carbonyl (C=O) groups is 1. The molecule has 0 radical (unpaired) electrons. The smallest absolute Gasteiger partial charge is 0.220 e. The Balaban J connectivity index is 2.27. The number of benzene rings is 1. The van der Waals surface area contributed by atoms with Gasteiger partial charge in [-0.2, -0.15) is 0 Å². The largest absolute Gasteiger partial charge is 0.355 e.